The van der Waals surface area contributed by atoms with Crippen LogP contribution in [0.4, 0.5) is 4.79 Å². The van der Waals surface area contributed by atoms with Gasteiger partial charge in [-0.15, -0.1) is 0 Å². The van der Waals surface area contributed by atoms with E-state index in [1.54, 1.807) is 41.6 Å². The number of nitrogens with one attached hydrogen (secondary N) is 3. The van der Waals surface area contributed by atoms with Crippen molar-refractivity contribution in [2.45, 2.75) is 50.3 Å². The lowest BCUT2D eigenvalue weighted by molar-refractivity contribution is -0.123. The minimum atomic E-state index is -0.587. The molecule has 0 saturated carbocycles. The number of hydrogen-bond acceptors (Lipinski definition) is 10. The molecule has 2 aliphatic heterocycles. The standard InChI is InChI=1S/C29H36ClN5O7S/c1-29(2,3)42-28(38)35-12-13-40-19(16-35)17-41-22-15-31-10-8-18(22)14-33-21-9-11-32-26(36)24(21)27(37)34-43-23-7-5-6-20(30)25(23)39-4/h5-8,10,15,19,33H,9,11-14,16-17H2,1-4H3,(H,32,36)(H,34,37)/t19-/m0/s1. The molecule has 1 aromatic carbocycles. The fraction of sp³-hybridized carbons (Fsp3) is 0.448. The first kappa shape index (κ1) is 32.2. The molecule has 0 aliphatic carbocycles. The first-order valence-corrected chi connectivity index (χ1v) is 14.9. The Morgan fingerprint density at radius 1 is 1.28 bits per heavy atom. The molecule has 1 atom stereocenters. The van der Waals surface area contributed by atoms with Gasteiger partial charge in [-0.05, 0) is 50.9 Å². The first-order valence-electron chi connectivity index (χ1n) is 13.8. The van der Waals surface area contributed by atoms with E-state index in [4.69, 9.17) is 30.5 Å². The minimum absolute atomic E-state index is 0.00545. The molecule has 0 bridgehead atoms. The molecule has 2 aromatic rings. The third-order valence-electron chi connectivity index (χ3n) is 6.38. The van der Waals surface area contributed by atoms with Gasteiger partial charge in [0.25, 0.3) is 11.8 Å². The molecule has 1 saturated heterocycles. The van der Waals surface area contributed by atoms with Crippen molar-refractivity contribution in [3.05, 3.63) is 58.5 Å². The van der Waals surface area contributed by atoms with E-state index in [-0.39, 0.29) is 30.9 Å². The van der Waals surface area contributed by atoms with E-state index in [1.165, 1.54) is 7.11 Å². The summed E-state index contributed by atoms with van der Waals surface area (Å²) in [5, 5.41) is 6.38. The van der Waals surface area contributed by atoms with E-state index in [9.17, 15) is 14.4 Å². The van der Waals surface area contributed by atoms with Gasteiger partial charge >= 0.3 is 6.09 Å². The molecule has 1 fully saturated rings. The van der Waals surface area contributed by atoms with Crippen LogP contribution in [0.1, 0.15) is 32.8 Å². The van der Waals surface area contributed by atoms with Crippen molar-refractivity contribution in [2.24, 2.45) is 0 Å². The van der Waals surface area contributed by atoms with Crippen LogP contribution in [0.15, 0.2) is 52.8 Å². The summed E-state index contributed by atoms with van der Waals surface area (Å²) in [5.74, 6) is -0.0817. The number of aromatic nitrogens is 1. The Bertz CT molecular complexity index is 1370. The zero-order chi connectivity index (χ0) is 31.0. The van der Waals surface area contributed by atoms with Gasteiger partial charge in [0.2, 0.25) is 0 Å². The predicted molar refractivity (Wildman–Crippen MR) is 161 cm³/mol. The normalized spacial score (nSPS) is 17.2. The van der Waals surface area contributed by atoms with E-state index < -0.39 is 17.4 Å². The highest BCUT2D eigenvalue weighted by atomic mass is 35.5. The molecule has 12 nitrogen and oxygen atoms in total. The van der Waals surface area contributed by atoms with Crippen LogP contribution < -0.4 is 24.8 Å². The minimum Gasteiger partial charge on any atom is -0.494 e. The van der Waals surface area contributed by atoms with Crippen LogP contribution in [-0.2, 0) is 25.6 Å². The highest BCUT2D eigenvalue weighted by Crippen LogP contribution is 2.34. The second-order valence-corrected chi connectivity index (χ2v) is 12.0. The second-order valence-electron chi connectivity index (χ2n) is 10.7. The van der Waals surface area contributed by atoms with E-state index >= 15 is 0 Å². The fourth-order valence-electron chi connectivity index (χ4n) is 4.37. The summed E-state index contributed by atoms with van der Waals surface area (Å²) >= 11 is 7.19. The summed E-state index contributed by atoms with van der Waals surface area (Å²) in [6, 6.07) is 6.97. The number of pyridine rings is 1. The van der Waals surface area contributed by atoms with Crippen molar-refractivity contribution < 1.29 is 33.3 Å². The molecular formula is C29H36ClN5O7S. The van der Waals surface area contributed by atoms with Crippen LogP contribution in [0.3, 0.4) is 0 Å². The van der Waals surface area contributed by atoms with Gasteiger partial charge in [-0.2, -0.15) is 0 Å². The monoisotopic (exact) mass is 633 g/mol. The quantitative estimate of drug-likeness (QED) is 0.263. The molecule has 0 radical (unpaired) electrons. The summed E-state index contributed by atoms with van der Waals surface area (Å²) in [6.45, 7) is 7.49. The third-order valence-corrected chi connectivity index (χ3v) is 7.51. The van der Waals surface area contributed by atoms with Crippen molar-refractivity contribution in [3.8, 4) is 11.5 Å². The van der Waals surface area contributed by atoms with E-state index in [2.05, 4.69) is 20.3 Å². The number of rotatable bonds is 10. The molecule has 0 spiro atoms. The highest BCUT2D eigenvalue weighted by Gasteiger charge is 2.29. The molecule has 232 valence electrons. The van der Waals surface area contributed by atoms with Crippen molar-refractivity contribution >= 4 is 41.5 Å². The molecule has 3 N–H and O–H groups in total. The summed E-state index contributed by atoms with van der Waals surface area (Å²) in [4.78, 5) is 44.7. The van der Waals surface area contributed by atoms with Crippen molar-refractivity contribution in [3.63, 3.8) is 0 Å². The van der Waals surface area contributed by atoms with Crippen molar-refractivity contribution in [1.82, 2.24) is 25.2 Å². The Morgan fingerprint density at radius 2 is 2.09 bits per heavy atom. The molecule has 43 heavy (non-hydrogen) atoms. The zero-order valence-electron chi connectivity index (χ0n) is 24.5. The number of hydrogen-bond donors (Lipinski definition) is 3. The van der Waals surface area contributed by atoms with Crippen LogP contribution in [-0.4, -0.2) is 79.5 Å². The number of carbonyl (C=O) groups excluding carboxylic acids is 3. The molecule has 1 aromatic heterocycles. The maximum Gasteiger partial charge on any atom is 0.410 e. The average Bonchev–Trinajstić information content (AvgIpc) is 2.97. The molecule has 4 rings (SSSR count). The summed E-state index contributed by atoms with van der Waals surface area (Å²) in [6.07, 6.45) is 2.93. The number of ether oxygens (including phenoxy) is 4. The Morgan fingerprint density at radius 3 is 2.86 bits per heavy atom. The molecule has 14 heteroatoms. The largest absolute Gasteiger partial charge is 0.494 e. The number of halogens is 1. The highest BCUT2D eigenvalue weighted by molar-refractivity contribution is 7.98. The van der Waals surface area contributed by atoms with Gasteiger partial charge in [0.1, 0.15) is 29.6 Å². The topological polar surface area (TPSA) is 140 Å². The van der Waals surface area contributed by atoms with Gasteiger partial charge in [-0.3, -0.25) is 19.3 Å². The zero-order valence-corrected chi connectivity index (χ0v) is 26.1. The van der Waals surface area contributed by atoms with Crippen molar-refractivity contribution in [2.75, 3.05) is 40.0 Å². The molecule has 0 unspecified atom stereocenters. The number of carbonyl (C=O) groups is 3. The number of para-hydroxylation sites is 1. The van der Waals surface area contributed by atoms with Gasteiger partial charge in [-0.25, -0.2) is 4.79 Å². The third kappa shape index (κ3) is 8.91. The van der Waals surface area contributed by atoms with Crippen LogP contribution in [0, 0.1) is 0 Å². The van der Waals surface area contributed by atoms with E-state index in [1.807, 2.05) is 20.8 Å². The Hall–Kier alpha value is -3.68. The van der Waals surface area contributed by atoms with Gasteiger partial charge in [-0.1, -0.05) is 17.7 Å². The van der Waals surface area contributed by atoms with Crippen LogP contribution in [0.5, 0.6) is 11.5 Å². The number of amides is 3. The Labute approximate surface area is 259 Å². The average molecular weight is 634 g/mol. The predicted octanol–water partition coefficient (Wildman–Crippen LogP) is 3.45. The smallest absolute Gasteiger partial charge is 0.410 e. The van der Waals surface area contributed by atoms with Crippen molar-refractivity contribution in [1.29, 1.82) is 0 Å². The van der Waals surface area contributed by atoms with Gasteiger partial charge in [0.15, 0.2) is 5.75 Å². The summed E-state index contributed by atoms with van der Waals surface area (Å²) in [5.41, 5.74) is 0.683. The Kier molecular flexibility index (Phi) is 11.0. The lowest BCUT2D eigenvalue weighted by Gasteiger charge is -2.34. The van der Waals surface area contributed by atoms with Gasteiger partial charge < -0.3 is 34.5 Å². The summed E-state index contributed by atoms with van der Waals surface area (Å²) < 4.78 is 25.4. The van der Waals surface area contributed by atoms with E-state index in [0.717, 1.165) is 17.5 Å². The first-order chi connectivity index (χ1) is 20.6. The van der Waals surface area contributed by atoms with Crippen LogP contribution >= 0.6 is 23.5 Å². The maximum absolute atomic E-state index is 13.1. The molecule has 3 heterocycles. The Balaban J connectivity index is 1.39. The lowest BCUT2D eigenvalue weighted by Crippen LogP contribution is -2.49. The lowest BCUT2D eigenvalue weighted by atomic mass is 10.1. The number of morpholine rings is 1. The SMILES string of the molecule is COc1c(Cl)cccc1SNC(=O)C1=C(NCc2ccncc2OC[C@@H]2CN(C(=O)OC(C)(C)C)CCO2)CCNC1=O. The maximum atomic E-state index is 13.1. The van der Waals surface area contributed by atoms with Crippen LogP contribution in [0.2, 0.25) is 5.02 Å². The van der Waals surface area contributed by atoms with Crippen LogP contribution in [0.25, 0.3) is 0 Å². The number of methoxy groups -OCH3 is 1. The number of nitrogens with zero attached hydrogens (tertiary/aromatic N) is 2. The molecular weight excluding hydrogens is 598 g/mol. The van der Waals surface area contributed by atoms with Gasteiger partial charge in [0, 0.05) is 43.5 Å². The fourth-order valence-corrected chi connectivity index (χ4v) is 5.42. The summed E-state index contributed by atoms with van der Waals surface area (Å²) in [7, 11) is 1.49. The number of benzene rings is 1. The molecule has 3 amide bonds. The molecule has 2 aliphatic rings. The second kappa shape index (κ2) is 14.7. The van der Waals surface area contributed by atoms with Gasteiger partial charge in [0.05, 0.1) is 36.4 Å². The van der Waals surface area contributed by atoms with E-state index in [0.29, 0.717) is 59.8 Å².